The maximum absolute atomic E-state index is 14.3. The first-order chi connectivity index (χ1) is 16.7. The Labute approximate surface area is 210 Å². The minimum absolute atomic E-state index is 0.0913. The standard InChI is InChI=1S/C31H52FNO/c1-4-7-8-9-10-11-12-13-14-15-16-17-18-19-20-21-26-33-31(34)27(6-3)28-24-22-25-30(32)29(28)23-5-2/h6,22,24-25H,4-5,7-21,23,26H2,1-3H3,(H,33,34)/b27-6+. The molecule has 2 nitrogen and oxygen atoms in total. The highest BCUT2D eigenvalue weighted by molar-refractivity contribution is 6.19. The third-order valence-corrected chi connectivity index (χ3v) is 6.76. The molecule has 1 N–H and O–H groups in total. The van der Waals surface area contributed by atoms with Crippen molar-refractivity contribution in [3.05, 3.63) is 41.2 Å². The van der Waals surface area contributed by atoms with Crippen molar-refractivity contribution in [2.75, 3.05) is 6.54 Å². The van der Waals surface area contributed by atoms with E-state index in [-0.39, 0.29) is 11.7 Å². The van der Waals surface area contributed by atoms with E-state index in [4.69, 9.17) is 0 Å². The molecule has 0 fully saturated rings. The van der Waals surface area contributed by atoms with Gasteiger partial charge in [0.2, 0.25) is 0 Å². The van der Waals surface area contributed by atoms with Crippen LogP contribution >= 0.6 is 0 Å². The van der Waals surface area contributed by atoms with E-state index in [1.807, 2.05) is 19.9 Å². The molecule has 34 heavy (non-hydrogen) atoms. The molecular weight excluding hydrogens is 421 g/mol. The lowest BCUT2D eigenvalue weighted by molar-refractivity contribution is -0.115. The van der Waals surface area contributed by atoms with Gasteiger partial charge in [-0.2, -0.15) is 0 Å². The number of carbonyl (C=O) groups is 1. The number of benzene rings is 1. The fraction of sp³-hybridized carbons (Fsp3) is 0.710. The Morgan fingerprint density at radius 1 is 0.765 bits per heavy atom. The molecule has 0 saturated heterocycles. The second-order valence-corrected chi connectivity index (χ2v) is 9.78. The molecule has 0 heterocycles. The van der Waals surface area contributed by atoms with Crippen molar-refractivity contribution in [3.8, 4) is 0 Å². The van der Waals surface area contributed by atoms with E-state index in [0.717, 1.165) is 24.8 Å². The van der Waals surface area contributed by atoms with Crippen LogP contribution < -0.4 is 5.32 Å². The number of amides is 1. The summed E-state index contributed by atoms with van der Waals surface area (Å²) >= 11 is 0. The number of allylic oxidation sites excluding steroid dienone is 1. The molecule has 1 rings (SSSR count). The number of halogens is 1. The summed E-state index contributed by atoms with van der Waals surface area (Å²) in [6.07, 6.45) is 24.8. The Balaban J connectivity index is 2.06. The second kappa shape index (κ2) is 20.7. The molecule has 0 aromatic heterocycles. The predicted molar refractivity (Wildman–Crippen MR) is 147 cm³/mol. The zero-order valence-corrected chi connectivity index (χ0v) is 22.5. The number of rotatable bonds is 21. The molecule has 0 aliphatic heterocycles. The zero-order chi connectivity index (χ0) is 24.9. The van der Waals surface area contributed by atoms with Crippen LogP contribution in [-0.4, -0.2) is 12.5 Å². The van der Waals surface area contributed by atoms with Gasteiger partial charge >= 0.3 is 0 Å². The number of hydrogen-bond donors (Lipinski definition) is 1. The topological polar surface area (TPSA) is 29.1 Å². The summed E-state index contributed by atoms with van der Waals surface area (Å²) in [6.45, 7) is 6.85. The van der Waals surface area contributed by atoms with Crippen molar-refractivity contribution in [1.82, 2.24) is 5.32 Å². The first-order valence-corrected chi connectivity index (χ1v) is 14.4. The second-order valence-electron chi connectivity index (χ2n) is 9.78. The summed E-state index contributed by atoms with van der Waals surface area (Å²) in [4.78, 5) is 12.7. The number of carbonyl (C=O) groups excluding carboxylic acids is 1. The molecule has 0 atom stereocenters. The normalized spacial score (nSPS) is 11.7. The van der Waals surface area contributed by atoms with Crippen LogP contribution in [0.25, 0.3) is 5.57 Å². The highest BCUT2D eigenvalue weighted by Gasteiger charge is 2.16. The van der Waals surface area contributed by atoms with Gasteiger partial charge in [0, 0.05) is 12.1 Å². The zero-order valence-electron chi connectivity index (χ0n) is 22.5. The highest BCUT2D eigenvalue weighted by atomic mass is 19.1. The van der Waals surface area contributed by atoms with Crippen molar-refractivity contribution in [1.29, 1.82) is 0 Å². The van der Waals surface area contributed by atoms with E-state index in [1.54, 1.807) is 12.1 Å². The summed E-state index contributed by atoms with van der Waals surface area (Å²) in [7, 11) is 0. The molecule has 0 aliphatic rings. The first kappa shape index (κ1) is 30.4. The summed E-state index contributed by atoms with van der Waals surface area (Å²) in [5.41, 5.74) is 1.96. The van der Waals surface area contributed by atoms with E-state index in [0.29, 0.717) is 24.1 Å². The molecule has 0 unspecified atom stereocenters. The number of nitrogens with one attached hydrogen (secondary N) is 1. The van der Waals surface area contributed by atoms with Crippen molar-refractivity contribution < 1.29 is 9.18 Å². The van der Waals surface area contributed by atoms with Gasteiger partial charge in [-0.15, -0.1) is 0 Å². The van der Waals surface area contributed by atoms with Crippen molar-refractivity contribution in [3.63, 3.8) is 0 Å². The minimum atomic E-state index is -0.218. The average Bonchev–Trinajstić information content (AvgIpc) is 2.83. The largest absolute Gasteiger partial charge is 0.352 e. The molecule has 0 spiro atoms. The van der Waals surface area contributed by atoms with Crippen molar-refractivity contribution in [2.45, 2.75) is 136 Å². The fourth-order valence-corrected chi connectivity index (χ4v) is 4.69. The van der Waals surface area contributed by atoms with Gasteiger partial charge < -0.3 is 5.32 Å². The predicted octanol–water partition coefficient (Wildman–Crippen LogP) is 9.56. The van der Waals surface area contributed by atoms with Crippen LogP contribution in [0, 0.1) is 5.82 Å². The highest BCUT2D eigenvalue weighted by Crippen LogP contribution is 2.23. The van der Waals surface area contributed by atoms with Crippen LogP contribution in [0.2, 0.25) is 0 Å². The van der Waals surface area contributed by atoms with E-state index in [2.05, 4.69) is 12.2 Å². The molecule has 0 aliphatic carbocycles. The smallest absolute Gasteiger partial charge is 0.251 e. The lowest BCUT2D eigenvalue weighted by Crippen LogP contribution is -2.26. The van der Waals surface area contributed by atoms with Crippen LogP contribution in [-0.2, 0) is 11.2 Å². The van der Waals surface area contributed by atoms with Crippen molar-refractivity contribution in [2.24, 2.45) is 0 Å². The van der Waals surface area contributed by atoms with Gasteiger partial charge in [-0.1, -0.05) is 135 Å². The maximum atomic E-state index is 14.3. The Bertz CT molecular complexity index is 682. The van der Waals surface area contributed by atoms with Crippen LogP contribution in [0.4, 0.5) is 4.39 Å². The fourth-order valence-electron chi connectivity index (χ4n) is 4.69. The van der Waals surface area contributed by atoms with Crippen LogP contribution in [0.15, 0.2) is 24.3 Å². The summed E-state index contributed by atoms with van der Waals surface area (Å²) in [6, 6.07) is 5.03. The van der Waals surface area contributed by atoms with Gasteiger partial charge in [0.15, 0.2) is 0 Å². The number of unbranched alkanes of at least 4 members (excludes halogenated alkanes) is 15. The quantitative estimate of drug-likeness (QED) is 0.140. The van der Waals surface area contributed by atoms with E-state index in [1.165, 1.54) is 96.0 Å². The third kappa shape index (κ3) is 13.3. The van der Waals surface area contributed by atoms with Gasteiger partial charge in [0.25, 0.3) is 5.91 Å². The maximum Gasteiger partial charge on any atom is 0.251 e. The lowest BCUT2D eigenvalue weighted by atomic mass is 9.95. The number of hydrogen-bond acceptors (Lipinski definition) is 1. The monoisotopic (exact) mass is 473 g/mol. The molecular formula is C31H52FNO. The van der Waals surface area contributed by atoms with Crippen LogP contribution in [0.1, 0.15) is 141 Å². The molecule has 1 aromatic rings. The van der Waals surface area contributed by atoms with E-state index in [9.17, 15) is 9.18 Å². The molecule has 1 aromatic carbocycles. The van der Waals surface area contributed by atoms with Gasteiger partial charge in [-0.3, -0.25) is 4.79 Å². The molecule has 0 saturated carbocycles. The van der Waals surface area contributed by atoms with Gasteiger partial charge in [0.05, 0.1) is 0 Å². The molecule has 1 amide bonds. The van der Waals surface area contributed by atoms with Crippen molar-refractivity contribution >= 4 is 11.5 Å². The molecule has 0 bridgehead atoms. The lowest BCUT2D eigenvalue weighted by Gasteiger charge is -2.14. The van der Waals surface area contributed by atoms with E-state index < -0.39 is 0 Å². The molecule has 3 heteroatoms. The third-order valence-electron chi connectivity index (χ3n) is 6.76. The van der Waals surface area contributed by atoms with Gasteiger partial charge in [-0.25, -0.2) is 4.39 Å². The summed E-state index contributed by atoms with van der Waals surface area (Å²) < 4.78 is 14.3. The summed E-state index contributed by atoms with van der Waals surface area (Å²) in [5.74, 6) is -0.310. The Morgan fingerprint density at radius 2 is 1.26 bits per heavy atom. The Hall–Kier alpha value is -1.64. The Kier molecular flexibility index (Phi) is 18.5. The average molecular weight is 474 g/mol. The summed E-state index contributed by atoms with van der Waals surface area (Å²) in [5, 5.41) is 3.04. The minimum Gasteiger partial charge on any atom is -0.352 e. The molecule has 194 valence electrons. The van der Waals surface area contributed by atoms with Crippen LogP contribution in [0.5, 0.6) is 0 Å². The Morgan fingerprint density at radius 3 is 1.74 bits per heavy atom. The SMILES string of the molecule is C/C=C(/C(=O)NCCCCCCCCCCCCCCCCCC)c1cccc(F)c1CCC. The van der Waals surface area contributed by atoms with E-state index >= 15 is 0 Å². The molecule has 0 radical (unpaired) electrons. The first-order valence-electron chi connectivity index (χ1n) is 14.4. The van der Waals surface area contributed by atoms with Gasteiger partial charge in [-0.05, 0) is 37.0 Å². The van der Waals surface area contributed by atoms with Gasteiger partial charge in [0.1, 0.15) is 5.82 Å². The van der Waals surface area contributed by atoms with Crippen LogP contribution in [0.3, 0.4) is 0 Å².